The van der Waals surface area contributed by atoms with Crippen molar-refractivity contribution < 1.29 is 4.79 Å². The highest BCUT2D eigenvalue weighted by atomic mass is 32.1. The lowest BCUT2D eigenvalue weighted by Gasteiger charge is -2.09. The smallest absolute Gasteiger partial charge is 0.252 e. The second-order valence-electron chi connectivity index (χ2n) is 9.62. The number of benzene rings is 2. The Morgan fingerprint density at radius 2 is 1.80 bits per heavy atom. The summed E-state index contributed by atoms with van der Waals surface area (Å²) in [6.45, 7) is 6.14. The van der Waals surface area contributed by atoms with Crippen LogP contribution in [0.2, 0.25) is 0 Å². The van der Waals surface area contributed by atoms with Crippen molar-refractivity contribution in [3.63, 3.8) is 0 Å². The first-order valence-corrected chi connectivity index (χ1v) is 12.2. The Hall–Kier alpha value is -3.59. The quantitative estimate of drug-likeness (QED) is 0.343. The van der Waals surface area contributed by atoms with Crippen LogP contribution < -0.4 is 10.6 Å². The van der Waals surface area contributed by atoms with E-state index < -0.39 is 0 Å². The van der Waals surface area contributed by atoms with E-state index in [-0.39, 0.29) is 11.9 Å². The molecule has 2 aromatic carbocycles. The highest BCUT2D eigenvalue weighted by molar-refractivity contribution is 7.78. The van der Waals surface area contributed by atoms with Gasteiger partial charge in [-0.3, -0.25) is 4.79 Å². The van der Waals surface area contributed by atoms with Crippen LogP contribution in [0.4, 0.5) is 11.6 Å². The molecule has 2 N–H and O–H groups in total. The van der Waals surface area contributed by atoms with Crippen LogP contribution in [0.5, 0.6) is 0 Å². The predicted molar refractivity (Wildman–Crippen MR) is 139 cm³/mol. The number of imidazole rings is 1. The van der Waals surface area contributed by atoms with Gasteiger partial charge in [0.1, 0.15) is 5.82 Å². The third kappa shape index (κ3) is 3.80. The van der Waals surface area contributed by atoms with Gasteiger partial charge in [-0.1, -0.05) is 0 Å². The summed E-state index contributed by atoms with van der Waals surface area (Å²) < 4.78 is 3.60. The fraction of sp³-hybridized carbons (Fsp3) is 0.308. The Balaban J connectivity index is 1.30. The van der Waals surface area contributed by atoms with Crippen molar-refractivity contribution in [1.29, 1.82) is 0 Å². The van der Waals surface area contributed by atoms with Crippen LogP contribution >= 0.6 is 12.8 Å². The molecule has 2 aromatic heterocycles. The SMILES string of the molecule is Cc1cc(-c2nc(Nc3ccc4c(c3)C(C)NC4=O)n(S)n2)c(C)cc1-c1cn(C)c(C2CC2)n1. The molecule has 3 heterocycles. The third-order valence-corrected chi connectivity index (χ3v) is 7.18. The lowest BCUT2D eigenvalue weighted by atomic mass is 9.98. The van der Waals surface area contributed by atoms with Crippen molar-refractivity contribution >= 4 is 30.4 Å². The van der Waals surface area contributed by atoms with Crippen LogP contribution in [-0.4, -0.2) is 29.6 Å². The number of aryl methyl sites for hydroxylation is 3. The molecule has 6 rings (SSSR count). The van der Waals surface area contributed by atoms with Gasteiger partial charge < -0.3 is 15.2 Å². The Morgan fingerprint density at radius 1 is 1.06 bits per heavy atom. The lowest BCUT2D eigenvalue weighted by Crippen LogP contribution is -2.16. The van der Waals surface area contributed by atoms with Crippen LogP contribution in [0.1, 0.15) is 64.6 Å². The lowest BCUT2D eigenvalue weighted by molar-refractivity contribution is 0.0958. The van der Waals surface area contributed by atoms with Crippen molar-refractivity contribution in [2.45, 2.75) is 45.6 Å². The molecule has 1 atom stereocenters. The number of hydrogen-bond donors (Lipinski definition) is 3. The minimum absolute atomic E-state index is 0.0210. The van der Waals surface area contributed by atoms with E-state index in [9.17, 15) is 4.79 Å². The van der Waals surface area contributed by atoms with Gasteiger partial charge in [-0.05, 0) is 93.4 Å². The normalized spacial score (nSPS) is 16.9. The van der Waals surface area contributed by atoms with Gasteiger partial charge in [-0.15, -0.1) is 5.10 Å². The fourth-order valence-electron chi connectivity index (χ4n) is 4.85. The van der Waals surface area contributed by atoms with Gasteiger partial charge in [0.05, 0.1) is 11.7 Å². The maximum atomic E-state index is 12.0. The molecule has 1 unspecified atom stereocenters. The number of nitrogens with one attached hydrogen (secondary N) is 2. The minimum Gasteiger partial charge on any atom is -0.345 e. The zero-order chi connectivity index (χ0) is 24.4. The zero-order valence-corrected chi connectivity index (χ0v) is 21.0. The Kier molecular flexibility index (Phi) is 5.00. The van der Waals surface area contributed by atoms with Crippen molar-refractivity contribution in [3.8, 4) is 22.6 Å². The number of rotatable bonds is 5. The van der Waals surface area contributed by atoms with Gasteiger partial charge in [0.15, 0.2) is 5.82 Å². The molecule has 8 nitrogen and oxygen atoms in total. The summed E-state index contributed by atoms with van der Waals surface area (Å²) in [7, 11) is 2.08. The van der Waals surface area contributed by atoms with Crippen molar-refractivity contribution in [3.05, 3.63) is 64.6 Å². The summed E-state index contributed by atoms with van der Waals surface area (Å²) in [6.07, 6.45) is 4.59. The van der Waals surface area contributed by atoms with E-state index >= 15 is 0 Å². The predicted octanol–water partition coefficient (Wildman–Crippen LogP) is 5.08. The third-order valence-electron chi connectivity index (χ3n) is 6.90. The maximum absolute atomic E-state index is 12.0. The Bertz CT molecular complexity index is 1500. The number of hydrogen-bond acceptors (Lipinski definition) is 6. The van der Waals surface area contributed by atoms with Crippen LogP contribution in [0.15, 0.2) is 36.5 Å². The molecule has 4 aromatic rings. The van der Waals surface area contributed by atoms with Crippen LogP contribution in [-0.2, 0) is 7.05 Å². The van der Waals surface area contributed by atoms with Crippen molar-refractivity contribution in [2.24, 2.45) is 7.05 Å². The molecule has 1 saturated carbocycles. The Morgan fingerprint density at radius 3 is 2.57 bits per heavy atom. The Labute approximate surface area is 209 Å². The molecule has 1 fully saturated rings. The van der Waals surface area contributed by atoms with E-state index in [0.717, 1.165) is 39.2 Å². The highest BCUT2D eigenvalue weighted by Gasteiger charge is 2.29. The molecule has 35 heavy (non-hydrogen) atoms. The summed E-state index contributed by atoms with van der Waals surface area (Å²) in [5.74, 6) is 2.85. The first-order valence-electron chi connectivity index (χ1n) is 11.8. The molecule has 2 aliphatic rings. The second-order valence-corrected chi connectivity index (χ2v) is 10.0. The van der Waals surface area contributed by atoms with Gasteiger partial charge >= 0.3 is 0 Å². The van der Waals surface area contributed by atoms with Gasteiger partial charge in [0.25, 0.3) is 5.91 Å². The molecular formula is C26H27N7OS. The monoisotopic (exact) mass is 485 g/mol. The molecule has 1 aliphatic carbocycles. The van der Waals surface area contributed by atoms with Crippen molar-refractivity contribution in [2.75, 3.05) is 5.32 Å². The second kappa shape index (κ2) is 7.98. The number of nitrogens with zero attached hydrogens (tertiary/aromatic N) is 5. The minimum atomic E-state index is -0.0394. The van der Waals surface area contributed by atoms with Gasteiger partial charge in [-0.25, -0.2) is 4.98 Å². The molecule has 0 radical (unpaired) electrons. The summed E-state index contributed by atoms with van der Waals surface area (Å²) in [4.78, 5) is 21.7. The molecule has 178 valence electrons. The summed E-state index contributed by atoms with van der Waals surface area (Å²) in [5, 5.41) is 10.8. The first-order chi connectivity index (χ1) is 16.8. The number of carbonyl (C=O) groups excluding carboxylic acids is 1. The number of amides is 1. The molecule has 0 bridgehead atoms. The number of anilines is 2. The molecule has 1 amide bonds. The van der Waals surface area contributed by atoms with Crippen LogP contribution in [0.3, 0.4) is 0 Å². The first kappa shape index (κ1) is 21.9. The maximum Gasteiger partial charge on any atom is 0.252 e. The van der Waals surface area contributed by atoms with Gasteiger partial charge in [0, 0.05) is 41.5 Å². The molecular weight excluding hydrogens is 458 g/mol. The topological polar surface area (TPSA) is 89.7 Å². The highest BCUT2D eigenvalue weighted by Crippen LogP contribution is 2.40. The van der Waals surface area contributed by atoms with E-state index in [0.29, 0.717) is 23.3 Å². The standard InChI is InChI=1S/C26H27N7OS/c1-13-10-20(14(2)9-19(13)22-12-32(4)24(29-22)16-5-6-16)23-30-26(33(35)31-23)28-17-7-8-18-21(11-17)15(3)27-25(18)34/h7-12,15-16,35H,5-6H2,1-4H3,(H,27,34)(H,28,30,31). The van der Waals surface area contributed by atoms with E-state index in [1.807, 2.05) is 25.1 Å². The molecule has 9 heteroatoms. The molecule has 0 saturated heterocycles. The average Bonchev–Trinajstić information content (AvgIpc) is 3.41. The zero-order valence-electron chi connectivity index (χ0n) is 20.1. The summed E-state index contributed by atoms with van der Waals surface area (Å²) >= 11 is 4.49. The van der Waals surface area contributed by atoms with E-state index in [1.54, 1.807) is 0 Å². The number of aromatic nitrogens is 5. The van der Waals surface area contributed by atoms with Crippen LogP contribution in [0.25, 0.3) is 22.6 Å². The average molecular weight is 486 g/mol. The fourth-order valence-corrected chi connectivity index (χ4v) is 5.03. The van der Waals surface area contributed by atoms with Gasteiger partial charge in [0.2, 0.25) is 5.95 Å². The summed E-state index contributed by atoms with van der Waals surface area (Å²) in [5.41, 5.74) is 7.80. The molecule has 0 spiro atoms. The van der Waals surface area contributed by atoms with Crippen LogP contribution in [0, 0.1) is 13.8 Å². The van der Waals surface area contributed by atoms with E-state index in [2.05, 4.69) is 72.3 Å². The summed E-state index contributed by atoms with van der Waals surface area (Å²) in [6, 6.07) is 9.93. The van der Waals surface area contributed by atoms with Gasteiger partial charge in [-0.2, -0.15) is 9.07 Å². The molecule has 1 aliphatic heterocycles. The number of thiol groups is 1. The van der Waals surface area contributed by atoms with E-state index in [4.69, 9.17) is 9.97 Å². The number of carbonyl (C=O) groups is 1. The van der Waals surface area contributed by atoms with Crippen molar-refractivity contribution in [1.82, 2.24) is 29.0 Å². The van der Waals surface area contributed by atoms with E-state index in [1.165, 1.54) is 22.8 Å². The number of fused-ring (bicyclic) bond motifs is 1. The largest absolute Gasteiger partial charge is 0.345 e.